The first-order chi connectivity index (χ1) is 8.65. The van der Waals surface area contributed by atoms with E-state index in [1.165, 1.54) is 44.2 Å². The second kappa shape index (κ2) is 6.12. The van der Waals surface area contributed by atoms with E-state index in [2.05, 4.69) is 0 Å². The van der Waals surface area contributed by atoms with Crippen molar-refractivity contribution in [3.05, 3.63) is 35.1 Å². The maximum atomic E-state index is 13.1. The van der Waals surface area contributed by atoms with Crippen LogP contribution in [0.1, 0.15) is 49.7 Å². The summed E-state index contributed by atoms with van der Waals surface area (Å²) < 4.78 is 13.1. The average molecular weight is 248 g/mol. The number of ketones is 1. The fraction of sp³-hybridized carbons (Fsp3) is 0.562. The highest BCUT2D eigenvalue weighted by Gasteiger charge is 2.17. The normalized spacial score (nSPS) is 16.8. The first kappa shape index (κ1) is 13.3. The summed E-state index contributed by atoms with van der Waals surface area (Å²) in [6.07, 6.45) is 7.28. The van der Waals surface area contributed by atoms with Crippen LogP contribution in [0.4, 0.5) is 4.39 Å². The van der Waals surface area contributed by atoms with Crippen LogP contribution in [-0.2, 0) is 11.2 Å². The molecule has 0 spiro atoms. The van der Waals surface area contributed by atoms with Crippen LogP contribution in [0, 0.1) is 18.7 Å². The lowest BCUT2D eigenvalue weighted by Gasteiger charge is -2.20. The molecular weight excluding hydrogens is 227 g/mol. The van der Waals surface area contributed by atoms with Gasteiger partial charge in [-0.1, -0.05) is 38.2 Å². The number of Topliss-reactive ketones (excluding diaryl/α,β-unsaturated/α-hetero) is 1. The molecule has 0 amide bonds. The Morgan fingerprint density at radius 2 is 2.00 bits per heavy atom. The highest BCUT2D eigenvalue weighted by molar-refractivity contribution is 5.81. The summed E-state index contributed by atoms with van der Waals surface area (Å²) in [5, 5.41) is 0. The molecule has 0 aliphatic heterocycles. The third-order valence-corrected chi connectivity index (χ3v) is 3.94. The highest BCUT2D eigenvalue weighted by Crippen LogP contribution is 2.27. The van der Waals surface area contributed by atoms with Gasteiger partial charge in [0.05, 0.1) is 0 Å². The first-order valence-electron chi connectivity index (χ1n) is 6.92. The lowest BCUT2D eigenvalue weighted by molar-refractivity contribution is -0.119. The molecule has 0 atom stereocenters. The van der Waals surface area contributed by atoms with E-state index in [1.54, 1.807) is 6.07 Å². The number of hydrogen-bond acceptors (Lipinski definition) is 1. The smallest absolute Gasteiger partial charge is 0.137 e. The van der Waals surface area contributed by atoms with Crippen molar-refractivity contribution < 1.29 is 9.18 Å². The molecule has 18 heavy (non-hydrogen) atoms. The number of carbonyl (C=O) groups excluding carboxylic acids is 1. The standard InChI is InChI=1S/C16H21FO/c1-12-7-8-15(17)10-14(12)11-16(18)9-13-5-3-2-4-6-13/h7-8,10,13H,2-6,9,11H2,1H3. The molecule has 1 aliphatic rings. The molecular formula is C16H21FO. The van der Waals surface area contributed by atoms with E-state index in [0.29, 0.717) is 18.8 Å². The second-order valence-corrected chi connectivity index (χ2v) is 5.49. The first-order valence-corrected chi connectivity index (χ1v) is 6.92. The molecule has 1 aromatic carbocycles. The van der Waals surface area contributed by atoms with E-state index in [-0.39, 0.29) is 11.6 Å². The Morgan fingerprint density at radius 3 is 2.72 bits per heavy atom. The molecule has 0 N–H and O–H groups in total. The van der Waals surface area contributed by atoms with Crippen LogP contribution in [0.2, 0.25) is 0 Å². The van der Waals surface area contributed by atoms with Crippen LogP contribution in [0.15, 0.2) is 18.2 Å². The minimum atomic E-state index is -0.249. The third-order valence-electron chi connectivity index (χ3n) is 3.94. The Bertz CT molecular complexity index is 419. The van der Waals surface area contributed by atoms with Gasteiger partial charge < -0.3 is 0 Å². The van der Waals surface area contributed by atoms with Crippen molar-refractivity contribution in [2.24, 2.45) is 5.92 Å². The maximum absolute atomic E-state index is 13.1. The van der Waals surface area contributed by atoms with E-state index in [1.807, 2.05) is 6.92 Å². The molecule has 1 nitrogen and oxygen atoms in total. The summed E-state index contributed by atoms with van der Waals surface area (Å²) in [6.45, 7) is 1.93. The molecule has 98 valence electrons. The van der Waals surface area contributed by atoms with E-state index < -0.39 is 0 Å². The molecule has 0 bridgehead atoms. The van der Waals surface area contributed by atoms with Gasteiger partial charge in [-0.2, -0.15) is 0 Å². The monoisotopic (exact) mass is 248 g/mol. The summed E-state index contributed by atoms with van der Waals surface area (Å²) in [5.41, 5.74) is 1.85. The van der Waals surface area contributed by atoms with Crippen LogP contribution in [0.3, 0.4) is 0 Å². The highest BCUT2D eigenvalue weighted by atomic mass is 19.1. The second-order valence-electron chi connectivity index (χ2n) is 5.49. The molecule has 0 radical (unpaired) electrons. The topological polar surface area (TPSA) is 17.1 Å². The zero-order valence-electron chi connectivity index (χ0n) is 11.0. The summed E-state index contributed by atoms with van der Waals surface area (Å²) in [5.74, 6) is 0.580. The van der Waals surface area contributed by atoms with Gasteiger partial charge in [-0.15, -0.1) is 0 Å². The van der Waals surface area contributed by atoms with Crippen molar-refractivity contribution in [3.63, 3.8) is 0 Å². The molecule has 0 unspecified atom stereocenters. The Morgan fingerprint density at radius 1 is 1.28 bits per heavy atom. The van der Waals surface area contributed by atoms with Crippen molar-refractivity contribution >= 4 is 5.78 Å². The summed E-state index contributed by atoms with van der Waals surface area (Å²) in [6, 6.07) is 4.69. The van der Waals surface area contributed by atoms with E-state index in [4.69, 9.17) is 0 Å². The molecule has 2 heteroatoms. The minimum absolute atomic E-state index is 0.249. The Balaban J connectivity index is 1.92. The predicted molar refractivity (Wildman–Crippen MR) is 71.0 cm³/mol. The molecule has 0 saturated heterocycles. The van der Waals surface area contributed by atoms with Gasteiger partial charge in [0.2, 0.25) is 0 Å². The Kier molecular flexibility index (Phi) is 4.51. The predicted octanol–water partition coefficient (Wildman–Crippen LogP) is 4.22. The molecule has 1 aromatic rings. The zero-order valence-corrected chi connectivity index (χ0v) is 11.0. The van der Waals surface area contributed by atoms with Gasteiger partial charge >= 0.3 is 0 Å². The lowest BCUT2D eigenvalue weighted by atomic mass is 9.85. The molecule has 2 rings (SSSR count). The van der Waals surface area contributed by atoms with Crippen molar-refractivity contribution in [3.8, 4) is 0 Å². The number of halogens is 1. The minimum Gasteiger partial charge on any atom is -0.299 e. The average Bonchev–Trinajstić information content (AvgIpc) is 2.35. The molecule has 1 fully saturated rings. The van der Waals surface area contributed by atoms with E-state index >= 15 is 0 Å². The van der Waals surface area contributed by atoms with Gasteiger partial charge in [-0.3, -0.25) is 4.79 Å². The van der Waals surface area contributed by atoms with Crippen molar-refractivity contribution in [1.29, 1.82) is 0 Å². The maximum Gasteiger partial charge on any atom is 0.137 e. The number of benzene rings is 1. The van der Waals surface area contributed by atoms with Gasteiger partial charge in [-0.05, 0) is 36.1 Å². The fourth-order valence-corrected chi connectivity index (χ4v) is 2.83. The van der Waals surface area contributed by atoms with Gasteiger partial charge in [0.1, 0.15) is 11.6 Å². The largest absolute Gasteiger partial charge is 0.299 e. The molecule has 0 aromatic heterocycles. The number of aryl methyl sites for hydroxylation is 1. The quantitative estimate of drug-likeness (QED) is 0.779. The fourth-order valence-electron chi connectivity index (χ4n) is 2.83. The molecule has 1 saturated carbocycles. The number of rotatable bonds is 4. The SMILES string of the molecule is Cc1ccc(F)cc1CC(=O)CC1CCCCC1. The van der Waals surface area contributed by atoms with Crippen LogP contribution < -0.4 is 0 Å². The lowest BCUT2D eigenvalue weighted by Crippen LogP contribution is -2.14. The van der Waals surface area contributed by atoms with Crippen molar-refractivity contribution in [2.75, 3.05) is 0 Å². The molecule has 1 aliphatic carbocycles. The Labute approximate surface area is 108 Å². The van der Waals surface area contributed by atoms with E-state index in [9.17, 15) is 9.18 Å². The van der Waals surface area contributed by atoms with Crippen LogP contribution in [0.25, 0.3) is 0 Å². The van der Waals surface area contributed by atoms with Gasteiger partial charge in [-0.25, -0.2) is 4.39 Å². The number of carbonyl (C=O) groups is 1. The summed E-state index contributed by atoms with van der Waals surface area (Å²) >= 11 is 0. The zero-order chi connectivity index (χ0) is 13.0. The van der Waals surface area contributed by atoms with Crippen molar-refractivity contribution in [2.45, 2.75) is 51.9 Å². The number of hydrogen-bond donors (Lipinski definition) is 0. The van der Waals surface area contributed by atoms with Gasteiger partial charge in [0, 0.05) is 12.8 Å². The van der Waals surface area contributed by atoms with Gasteiger partial charge in [0.25, 0.3) is 0 Å². The van der Waals surface area contributed by atoms with Crippen LogP contribution in [0.5, 0.6) is 0 Å². The van der Waals surface area contributed by atoms with Gasteiger partial charge in [0.15, 0.2) is 0 Å². The Hall–Kier alpha value is -1.18. The van der Waals surface area contributed by atoms with Crippen LogP contribution >= 0.6 is 0 Å². The van der Waals surface area contributed by atoms with Crippen molar-refractivity contribution in [1.82, 2.24) is 0 Å². The molecule has 0 heterocycles. The third kappa shape index (κ3) is 3.66. The summed E-state index contributed by atoms with van der Waals surface area (Å²) in [4.78, 5) is 12.0. The van der Waals surface area contributed by atoms with E-state index in [0.717, 1.165) is 11.1 Å². The van der Waals surface area contributed by atoms with Crippen LogP contribution in [-0.4, -0.2) is 5.78 Å². The summed E-state index contributed by atoms with van der Waals surface area (Å²) in [7, 11) is 0.